The summed E-state index contributed by atoms with van der Waals surface area (Å²) in [5.41, 5.74) is 1.93. The van der Waals surface area contributed by atoms with Crippen LogP contribution in [0.2, 0.25) is 5.02 Å². The summed E-state index contributed by atoms with van der Waals surface area (Å²) in [7, 11) is 1.61. The zero-order valence-corrected chi connectivity index (χ0v) is 13.9. The van der Waals surface area contributed by atoms with Gasteiger partial charge in [0.25, 0.3) is 0 Å². The second-order valence-corrected chi connectivity index (χ2v) is 5.53. The van der Waals surface area contributed by atoms with Crippen LogP contribution in [0.3, 0.4) is 0 Å². The van der Waals surface area contributed by atoms with Gasteiger partial charge in [0.15, 0.2) is 0 Å². The summed E-state index contributed by atoms with van der Waals surface area (Å²) in [6, 6.07) is 17.3. The van der Waals surface area contributed by atoms with E-state index in [-0.39, 0.29) is 0 Å². The minimum absolute atomic E-state index is 0.620. The van der Waals surface area contributed by atoms with Crippen LogP contribution in [0.4, 0.5) is 17.3 Å². The zero-order valence-electron chi connectivity index (χ0n) is 13.2. The predicted molar refractivity (Wildman–Crippen MR) is 97.1 cm³/mol. The maximum atomic E-state index is 6.05. The van der Waals surface area contributed by atoms with Gasteiger partial charge in [-0.1, -0.05) is 41.9 Å². The maximum Gasteiger partial charge on any atom is 0.142 e. The first-order valence-corrected chi connectivity index (χ1v) is 7.83. The van der Waals surface area contributed by atoms with Gasteiger partial charge < -0.3 is 15.4 Å². The summed E-state index contributed by atoms with van der Waals surface area (Å²) in [5, 5.41) is 7.10. The lowest BCUT2D eigenvalue weighted by Gasteiger charge is -2.12. The van der Waals surface area contributed by atoms with E-state index < -0.39 is 0 Å². The fourth-order valence-electron chi connectivity index (χ4n) is 2.23. The molecule has 0 aliphatic rings. The Balaban J connectivity index is 1.72. The molecule has 1 aromatic heterocycles. The van der Waals surface area contributed by atoms with Crippen LogP contribution in [-0.4, -0.2) is 17.1 Å². The smallest absolute Gasteiger partial charge is 0.142 e. The van der Waals surface area contributed by atoms with Crippen LogP contribution in [0, 0.1) is 0 Å². The summed E-state index contributed by atoms with van der Waals surface area (Å²) in [4.78, 5) is 8.47. The second kappa shape index (κ2) is 7.66. The number of methoxy groups -OCH3 is 1. The van der Waals surface area contributed by atoms with Crippen molar-refractivity contribution in [1.29, 1.82) is 0 Å². The number of nitrogens with one attached hydrogen (secondary N) is 2. The molecule has 5 nitrogen and oxygen atoms in total. The van der Waals surface area contributed by atoms with Gasteiger partial charge in [0.2, 0.25) is 0 Å². The van der Waals surface area contributed by atoms with E-state index in [0.717, 1.165) is 11.5 Å². The number of nitrogens with zero attached hydrogens (tertiary/aromatic N) is 2. The zero-order chi connectivity index (χ0) is 16.8. The highest BCUT2D eigenvalue weighted by molar-refractivity contribution is 6.31. The van der Waals surface area contributed by atoms with Crippen molar-refractivity contribution in [2.75, 3.05) is 17.7 Å². The molecule has 0 fully saturated rings. The summed E-state index contributed by atoms with van der Waals surface area (Å²) in [5.74, 6) is 2.08. The molecule has 0 unspecified atom stereocenters. The molecule has 0 spiro atoms. The third-order valence-electron chi connectivity index (χ3n) is 3.41. The van der Waals surface area contributed by atoms with Crippen molar-refractivity contribution in [2.24, 2.45) is 0 Å². The quantitative estimate of drug-likeness (QED) is 0.692. The van der Waals surface area contributed by atoms with Crippen molar-refractivity contribution in [3.05, 3.63) is 71.5 Å². The summed E-state index contributed by atoms with van der Waals surface area (Å²) in [6.45, 7) is 0.692. The first-order chi connectivity index (χ1) is 11.7. The van der Waals surface area contributed by atoms with Gasteiger partial charge in [0.05, 0.1) is 12.8 Å². The van der Waals surface area contributed by atoms with E-state index in [2.05, 4.69) is 32.7 Å². The van der Waals surface area contributed by atoms with Crippen molar-refractivity contribution in [2.45, 2.75) is 6.54 Å². The molecule has 0 saturated heterocycles. The molecular weight excluding hydrogens is 324 g/mol. The van der Waals surface area contributed by atoms with E-state index in [1.165, 1.54) is 11.9 Å². The molecule has 2 aromatic carbocycles. The summed E-state index contributed by atoms with van der Waals surface area (Å²) < 4.78 is 5.33. The van der Waals surface area contributed by atoms with Crippen LogP contribution in [-0.2, 0) is 6.54 Å². The average Bonchev–Trinajstić information content (AvgIpc) is 2.61. The van der Waals surface area contributed by atoms with E-state index in [0.29, 0.717) is 23.1 Å². The Labute approximate surface area is 145 Å². The van der Waals surface area contributed by atoms with Gasteiger partial charge in [0, 0.05) is 17.6 Å². The SMILES string of the molecule is COc1ccc(Cl)cc1Nc1cc(NCc2ccccc2)ncn1. The van der Waals surface area contributed by atoms with Gasteiger partial charge in [-0.15, -0.1) is 0 Å². The number of halogens is 1. The molecule has 0 saturated carbocycles. The summed E-state index contributed by atoms with van der Waals surface area (Å²) >= 11 is 6.05. The van der Waals surface area contributed by atoms with E-state index >= 15 is 0 Å². The highest BCUT2D eigenvalue weighted by atomic mass is 35.5. The van der Waals surface area contributed by atoms with Gasteiger partial charge in [0.1, 0.15) is 23.7 Å². The van der Waals surface area contributed by atoms with Crippen LogP contribution >= 0.6 is 11.6 Å². The third kappa shape index (κ3) is 4.14. The first kappa shape index (κ1) is 16.1. The van der Waals surface area contributed by atoms with E-state index in [1.807, 2.05) is 24.3 Å². The molecule has 0 amide bonds. The fourth-order valence-corrected chi connectivity index (χ4v) is 2.40. The molecule has 3 rings (SSSR count). The standard InChI is InChI=1S/C18H17ClN4O/c1-24-16-8-7-14(19)9-15(16)23-18-10-17(21-12-22-18)20-11-13-5-3-2-4-6-13/h2-10,12H,11H2,1H3,(H2,20,21,22,23). The molecule has 0 aliphatic carbocycles. The topological polar surface area (TPSA) is 59.1 Å². The Morgan fingerprint density at radius 3 is 2.58 bits per heavy atom. The molecule has 2 N–H and O–H groups in total. The van der Waals surface area contributed by atoms with Crippen molar-refractivity contribution < 1.29 is 4.74 Å². The number of ether oxygens (including phenoxy) is 1. The lowest BCUT2D eigenvalue weighted by molar-refractivity contribution is 0.417. The molecule has 0 aliphatic heterocycles. The van der Waals surface area contributed by atoms with Crippen molar-refractivity contribution in [1.82, 2.24) is 9.97 Å². The second-order valence-electron chi connectivity index (χ2n) is 5.10. The number of rotatable bonds is 6. The molecule has 6 heteroatoms. The Kier molecular flexibility index (Phi) is 5.13. The van der Waals surface area contributed by atoms with Crippen molar-refractivity contribution in [3.63, 3.8) is 0 Å². The average molecular weight is 341 g/mol. The van der Waals surface area contributed by atoms with Gasteiger partial charge in [-0.25, -0.2) is 9.97 Å². The summed E-state index contributed by atoms with van der Waals surface area (Å²) in [6.07, 6.45) is 1.51. The molecule has 122 valence electrons. The highest BCUT2D eigenvalue weighted by Gasteiger charge is 2.06. The molecule has 3 aromatic rings. The van der Waals surface area contributed by atoms with Crippen LogP contribution in [0.1, 0.15) is 5.56 Å². The molecule has 1 heterocycles. The minimum atomic E-state index is 0.620. The van der Waals surface area contributed by atoms with Crippen molar-refractivity contribution in [3.8, 4) is 5.75 Å². The fraction of sp³-hybridized carbons (Fsp3) is 0.111. The number of hydrogen-bond donors (Lipinski definition) is 2. The Bertz CT molecular complexity index is 811. The number of benzene rings is 2. The largest absolute Gasteiger partial charge is 0.495 e. The lowest BCUT2D eigenvalue weighted by atomic mass is 10.2. The monoisotopic (exact) mass is 340 g/mol. The van der Waals surface area contributed by atoms with Crippen LogP contribution in [0.15, 0.2) is 60.9 Å². The number of hydrogen-bond acceptors (Lipinski definition) is 5. The van der Waals surface area contributed by atoms with E-state index in [4.69, 9.17) is 16.3 Å². The third-order valence-corrected chi connectivity index (χ3v) is 3.64. The van der Waals surface area contributed by atoms with Crippen molar-refractivity contribution >= 4 is 28.9 Å². The predicted octanol–water partition coefficient (Wildman–Crippen LogP) is 4.49. The van der Waals surface area contributed by atoms with Gasteiger partial charge in [-0.3, -0.25) is 0 Å². The molecule has 0 atom stereocenters. The lowest BCUT2D eigenvalue weighted by Crippen LogP contribution is -2.03. The number of aromatic nitrogens is 2. The Morgan fingerprint density at radius 1 is 1.00 bits per heavy atom. The normalized spacial score (nSPS) is 10.2. The van der Waals surface area contributed by atoms with E-state index in [9.17, 15) is 0 Å². The Hall–Kier alpha value is -2.79. The molecule has 24 heavy (non-hydrogen) atoms. The molecule has 0 radical (unpaired) electrons. The van der Waals surface area contributed by atoms with Gasteiger partial charge in [-0.05, 0) is 23.8 Å². The molecule has 0 bridgehead atoms. The van der Waals surface area contributed by atoms with E-state index in [1.54, 1.807) is 25.3 Å². The highest BCUT2D eigenvalue weighted by Crippen LogP contribution is 2.30. The molecular formula is C18H17ClN4O. The van der Waals surface area contributed by atoms with Gasteiger partial charge in [-0.2, -0.15) is 0 Å². The maximum absolute atomic E-state index is 6.05. The van der Waals surface area contributed by atoms with Gasteiger partial charge >= 0.3 is 0 Å². The first-order valence-electron chi connectivity index (χ1n) is 7.45. The minimum Gasteiger partial charge on any atom is -0.495 e. The van der Waals surface area contributed by atoms with Crippen LogP contribution < -0.4 is 15.4 Å². The Morgan fingerprint density at radius 2 is 1.79 bits per heavy atom. The van der Waals surface area contributed by atoms with Crippen LogP contribution in [0.25, 0.3) is 0 Å². The van der Waals surface area contributed by atoms with Crippen LogP contribution in [0.5, 0.6) is 5.75 Å². The number of anilines is 3.